The molecular weight excluding hydrogens is 322 g/mol. The van der Waals surface area contributed by atoms with Crippen molar-refractivity contribution in [3.05, 3.63) is 47.0 Å². The van der Waals surface area contributed by atoms with Crippen molar-refractivity contribution in [2.45, 2.75) is 13.5 Å². The van der Waals surface area contributed by atoms with E-state index in [0.717, 1.165) is 16.5 Å². The molecule has 0 radical (unpaired) electrons. The van der Waals surface area contributed by atoms with Crippen LogP contribution in [-0.4, -0.2) is 25.3 Å². The largest absolute Gasteiger partial charge is 0.319 e. The first-order valence-electron chi connectivity index (χ1n) is 6.14. The molecule has 3 rings (SSSR count). The van der Waals surface area contributed by atoms with Crippen molar-refractivity contribution in [3.63, 3.8) is 0 Å². The van der Waals surface area contributed by atoms with Gasteiger partial charge >= 0.3 is 0 Å². The summed E-state index contributed by atoms with van der Waals surface area (Å²) in [5, 5.41) is 11.1. The SMILES string of the molecule is CCn1cc(NC(=O)c2ccc3c(Br)cnn3c2)cn1. The Hall–Kier alpha value is -2.15. The first-order chi connectivity index (χ1) is 9.67. The molecule has 0 fully saturated rings. The number of carbonyl (C=O) groups is 1. The predicted octanol–water partition coefficient (Wildman–Crippen LogP) is 2.57. The molecule has 3 heterocycles. The van der Waals surface area contributed by atoms with E-state index in [1.807, 2.05) is 13.0 Å². The molecule has 3 aromatic heterocycles. The lowest BCUT2D eigenvalue weighted by molar-refractivity contribution is 0.102. The van der Waals surface area contributed by atoms with Crippen molar-refractivity contribution in [2.75, 3.05) is 5.32 Å². The Morgan fingerprint density at radius 2 is 2.15 bits per heavy atom. The molecule has 1 N–H and O–H groups in total. The molecule has 102 valence electrons. The fourth-order valence-electron chi connectivity index (χ4n) is 1.89. The number of nitrogens with one attached hydrogen (secondary N) is 1. The Labute approximate surface area is 123 Å². The van der Waals surface area contributed by atoms with Crippen molar-refractivity contribution in [2.24, 2.45) is 0 Å². The Kier molecular flexibility index (Phi) is 3.27. The molecule has 3 aromatic rings. The standard InChI is InChI=1S/C13H12BrN5O/c1-2-18-8-10(5-15-18)17-13(20)9-3-4-12-11(14)6-16-19(12)7-9/h3-8H,2H2,1H3,(H,17,20). The number of aromatic nitrogens is 4. The van der Waals surface area contributed by atoms with E-state index in [-0.39, 0.29) is 5.91 Å². The van der Waals surface area contributed by atoms with Crippen molar-refractivity contribution in [3.8, 4) is 0 Å². The molecule has 1 amide bonds. The number of carbonyl (C=O) groups excluding carboxylic acids is 1. The summed E-state index contributed by atoms with van der Waals surface area (Å²) in [6, 6.07) is 3.61. The van der Waals surface area contributed by atoms with Gasteiger partial charge in [0.05, 0.1) is 33.6 Å². The van der Waals surface area contributed by atoms with Crippen LogP contribution in [-0.2, 0) is 6.54 Å². The smallest absolute Gasteiger partial charge is 0.257 e. The van der Waals surface area contributed by atoms with Crippen LogP contribution in [0.5, 0.6) is 0 Å². The quantitative estimate of drug-likeness (QED) is 0.801. The van der Waals surface area contributed by atoms with Crippen LogP contribution >= 0.6 is 15.9 Å². The summed E-state index contributed by atoms with van der Waals surface area (Å²) in [6.45, 7) is 2.76. The number of anilines is 1. The fraction of sp³-hybridized carbons (Fsp3) is 0.154. The van der Waals surface area contributed by atoms with Crippen LogP contribution in [0.2, 0.25) is 0 Å². The number of amides is 1. The lowest BCUT2D eigenvalue weighted by atomic mass is 10.2. The van der Waals surface area contributed by atoms with Gasteiger partial charge in [0.15, 0.2) is 0 Å². The highest BCUT2D eigenvalue weighted by Crippen LogP contribution is 2.18. The summed E-state index contributed by atoms with van der Waals surface area (Å²) in [5.74, 6) is -0.186. The number of halogens is 1. The molecule has 0 spiro atoms. The predicted molar refractivity (Wildman–Crippen MR) is 78.7 cm³/mol. The molecule has 0 aromatic carbocycles. The zero-order chi connectivity index (χ0) is 14.1. The van der Waals surface area contributed by atoms with Gasteiger partial charge in [-0.15, -0.1) is 0 Å². The molecule has 0 atom stereocenters. The van der Waals surface area contributed by atoms with Crippen LogP contribution in [0, 0.1) is 0 Å². The highest BCUT2D eigenvalue weighted by molar-refractivity contribution is 9.10. The van der Waals surface area contributed by atoms with E-state index < -0.39 is 0 Å². The number of pyridine rings is 1. The average Bonchev–Trinajstić information content (AvgIpc) is 3.05. The van der Waals surface area contributed by atoms with Crippen LogP contribution in [0.25, 0.3) is 5.52 Å². The first kappa shape index (κ1) is 12.9. The van der Waals surface area contributed by atoms with Crippen LogP contribution < -0.4 is 5.32 Å². The summed E-state index contributed by atoms with van der Waals surface area (Å²) in [7, 11) is 0. The zero-order valence-corrected chi connectivity index (χ0v) is 12.3. The normalized spacial score (nSPS) is 10.9. The second-order valence-corrected chi connectivity index (χ2v) is 5.13. The highest BCUT2D eigenvalue weighted by atomic mass is 79.9. The molecule has 0 aliphatic carbocycles. The minimum Gasteiger partial charge on any atom is -0.319 e. The fourth-order valence-corrected chi connectivity index (χ4v) is 2.30. The molecule has 0 unspecified atom stereocenters. The van der Waals surface area contributed by atoms with E-state index in [4.69, 9.17) is 0 Å². The molecule has 0 aliphatic rings. The van der Waals surface area contributed by atoms with Crippen molar-refractivity contribution >= 4 is 33.0 Å². The zero-order valence-electron chi connectivity index (χ0n) is 10.7. The van der Waals surface area contributed by atoms with Crippen molar-refractivity contribution < 1.29 is 4.79 Å². The number of fused-ring (bicyclic) bond motifs is 1. The second kappa shape index (κ2) is 5.09. The molecule has 0 saturated heterocycles. The maximum Gasteiger partial charge on any atom is 0.257 e. The maximum atomic E-state index is 12.2. The van der Waals surface area contributed by atoms with E-state index >= 15 is 0 Å². The number of aryl methyl sites for hydroxylation is 1. The monoisotopic (exact) mass is 333 g/mol. The van der Waals surface area contributed by atoms with Crippen molar-refractivity contribution in [1.29, 1.82) is 0 Å². The van der Waals surface area contributed by atoms with Crippen molar-refractivity contribution in [1.82, 2.24) is 19.4 Å². The van der Waals surface area contributed by atoms with E-state index in [9.17, 15) is 4.79 Å². The second-order valence-electron chi connectivity index (χ2n) is 4.28. The minimum absolute atomic E-state index is 0.186. The average molecular weight is 334 g/mol. The van der Waals surface area contributed by atoms with Crippen LogP contribution in [0.4, 0.5) is 5.69 Å². The Morgan fingerprint density at radius 1 is 1.30 bits per heavy atom. The van der Waals surface area contributed by atoms with Gasteiger partial charge in [-0.2, -0.15) is 10.2 Å². The Balaban J connectivity index is 1.84. The third-order valence-corrected chi connectivity index (χ3v) is 3.56. The molecule has 6 nitrogen and oxygen atoms in total. The first-order valence-corrected chi connectivity index (χ1v) is 6.93. The lowest BCUT2D eigenvalue weighted by Crippen LogP contribution is -2.12. The summed E-state index contributed by atoms with van der Waals surface area (Å²) in [6.07, 6.45) is 6.81. The lowest BCUT2D eigenvalue weighted by Gasteiger charge is -2.03. The summed E-state index contributed by atoms with van der Waals surface area (Å²) >= 11 is 3.40. The molecule has 0 saturated carbocycles. The highest BCUT2D eigenvalue weighted by Gasteiger charge is 2.09. The molecule has 0 bridgehead atoms. The Bertz CT molecular complexity index is 776. The van der Waals surface area contributed by atoms with Gasteiger partial charge in [-0.1, -0.05) is 0 Å². The van der Waals surface area contributed by atoms with Crippen LogP contribution in [0.15, 0.2) is 41.4 Å². The van der Waals surface area contributed by atoms with Gasteiger partial charge in [0.2, 0.25) is 0 Å². The van der Waals surface area contributed by atoms with Crippen LogP contribution in [0.3, 0.4) is 0 Å². The number of hydrogen-bond donors (Lipinski definition) is 1. The summed E-state index contributed by atoms with van der Waals surface area (Å²) in [5.41, 5.74) is 2.14. The number of hydrogen-bond acceptors (Lipinski definition) is 3. The van der Waals surface area contributed by atoms with E-state index in [1.54, 1.807) is 40.1 Å². The molecule has 20 heavy (non-hydrogen) atoms. The Morgan fingerprint density at radius 3 is 2.90 bits per heavy atom. The maximum absolute atomic E-state index is 12.2. The molecular formula is C13H12BrN5O. The van der Waals surface area contributed by atoms with Gasteiger partial charge in [-0.25, -0.2) is 4.52 Å². The van der Waals surface area contributed by atoms with Gasteiger partial charge in [0.25, 0.3) is 5.91 Å². The van der Waals surface area contributed by atoms with Gasteiger partial charge in [-0.05, 0) is 35.0 Å². The van der Waals surface area contributed by atoms with E-state index in [2.05, 4.69) is 31.4 Å². The molecule has 0 aliphatic heterocycles. The third-order valence-electron chi connectivity index (χ3n) is 2.95. The topological polar surface area (TPSA) is 64.2 Å². The van der Waals surface area contributed by atoms with E-state index in [0.29, 0.717) is 11.3 Å². The minimum atomic E-state index is -0.186. The summed E-state index contributed by atoms with van der Waals surface area (Å²) in [4.78, 5) is 12.2. The van der Waals surface area contributed by atoms with Gasteiger partial charge < -0.3 is 5.32 Å². The van der Waals surface area contributed by atoms with Gasteiger partial charge in [0.1, 0.15) is 0 Å². The van der Waals surface area contributed by atoms with Crippen LogP contribution in [0.1, 0.15) is 17.3 Å². The number of nitrogens with zero attached hydrogens (tertiary/aromatic N) is 4. The molecule has 7 heteroatoms. The number of rotatable bonds is 3. The van der Waals surface area contributed by atoms with Gasteiger partial charge in [0, 0.05) is 18.9 Å². The van der Waals surface area contributed by atoms with E-state index in [1.165, 1.54) is 0 Å². The van der Waals surface area contributed by atoms with Gasteiger partial charge in [-0.3, -0.25) is 9.48 Å². The summed E-state index contributed by atoms with van der Waals surface area (Å²) < 4.78 is 4.31. The third kappa shape index (κ3) is 2.32.